The standard InChI is InChI=1S/C18H18O/c1-13(19)12-18-16-8-4-2-6-14(16)10-11-15-7-3-5-9-17(15)18/h2-9,18H,10-12H2,1H3. The summed E-state index contributed by atoms with van der Waals surface area (Å²) in [6.07, 6.45) is 2.75. The molecule has 0 aromatic heterocycles. The summed E-state index contributed by atoms with van der Waals surface area (Å²) < 4.78 is 0. The Morgan fingerprint density at radius 1 is 0.947 bits per heavy atom. The van der Waals surface area contributed by atoms with Gasteiger partial charge in [0.15, 0.2) is 0 Å². The summed E-state index contributed by atoms with van der Waals surface area (Å²) in [7, 11) is 0. The third-order valence-corrected chi connectivity index (χ3v) is 4.02. The van der Waals surface area contributed by atoms with E-state index in [-0.39, 0.29) is 11.7 Å². The van der Waals surface area contributed by atoms with Crippen LogP contribution in [0, 0.1) is 0 Å². The van der Waals surface area contributed by atoms with E-state index in [2.05, 4.69) is 48.5 Å². The smallest absolute Gasteiger partial charge is 0.130 e. The number of hydrogen-bond acceptors (Lipinski definition) is 1. The van der Waals surface area contributed by atoms with E-state index in [1.165, 1.54) is 22.3 Å². The lowest BCUT2D eigenvalue weighted by atomic mass is 9.85. The molecule has 0 saturated carbocycles. The van der Waals surface area contributed by atoms with Gasteiger partial charge in [0.1, 0.15) is 5.78 Å². The Morgan fingerprint density at radius 2 is 1.42 bits per heavy atom. The molecule has 1 heteroatoms. The molecule has 0 amide bonds. The fourth-order valence-corrected chi connectivity index (χ4v) is 3.15. The number of fused-ring (bicyclic) bond motifs is 2. The van der Waals surface area contributed by atoms with Crippen molar-refractivity contribution in [2.24, 2.45) is 0 Å². The molecule has 0 bridgehead atoms. The van der Waals surface area contributed by atoms with Crippen molar-refractivity contribution in [2.75, 3.05) is 0 Å². The molecule has 2 aromatic rings. The van der Waals surface area contributed by atoms with E-state index in [9.17, 15) is 4.79 Å². The average Bonchev–Trinajstić information content (AvgIpc) is 2.57. The van der Waals surface area contributed by atoms with Gasteiger partial charge in [0.2, 0.25) is 0 Å². The van der Waals surface area contributed by atoms with E-state index in [4.69, 9.17) is 0 Å². The van der Waals surface area contributed by atoms with Gasteiger partial charge in [0, 0.05) is 12.3 Å². The van der Waals surface area contributed by atoms with Crippen LogP contribution in [-0.4, -0.2) is 5.78 Å². The van der Waals surface area contributed by atoms with Crippen molar-refractivity contribution in [3.63, 3.8) is 0 Å². The van der Waals surface area contributed by atoms with Crippen LogP contribution in [-0.2, 0) is 17.6 Å². The molecule has 3 rings (SSSR count). The molecule has 0 atom stereocenters. The van der Waals surface area contributed by atoms with Crippen molar-refractivity contribution in [3.8, 4) is 0 Å². The van der Waals surface area contributed by atoms with Crippen molar-refractivity contribution < 1.29 is 4.79 Å². The minimum Gasteiger partial charge on any atom is -0.300 e. The Balaban J connectivity index is 2.16. The average molecular weight is 250 g/mol. The Kier molecular flexibility index (Phi) is 3.20. The number of benzene rings is 2. The molecule has 1 aliphatic rings. The fourth-order valence-electron chi connectivity index (χ4n) is 3.15. The van der Waals surface area contributed by atoms with E-state index < -0.39 is 0 Å². The summed E-state index contributed by atoms with van der Waals surface area (Å²) in [5, 5.41) is 0. The van der Waals surface area contributed by atoms with Crippen LogP contribution in [0.4, 0.5) is 0 Å². The maximum Gasteiger partial charge on any atom is 0.130 e. The normalized spacial score (nSPS) is 14.4. The van der Waals surface area contributed by atoms with Gasteiger partial charge in [-0.3, -0.25) is 4.79 Å². The molecule has 0 N–H and O–H groups in total. The largest absolute Gasteiger partial charge is 0.300 e. The van der Waals surface area contributed by atoms with Gasteiger partial charge in [-0.2, -0.15) is 0 Å². The van der Waals surface area contributed by atoms with Crippen LogP contribution in [0.15, 0.2) is 48.5 Å². The van der Waals surface area contributed by atoms with Gasteiger partial charge >= 0.3 is 0 Å². The topological polar surface area (TPSA) is 17.1 Å². The second-order valence-corrected chi connectivity index (χ2v) is 5.36. The fraction of sp³-hybridized carbons (Fsp3) is 0.278. The maximum atomic E-state index is 11.6. The minimum atomic E-state index is 0.229. The number of rotatable bonds is 2. The molecule has 19 heavy (non-hydrogen) atoms. The van der Waals surface area contributed by atoms with Gasteiger partial charge in [-0.25, -0.2) is 0 Å². The van der Waals surface area contributed by atoms with Gasteiger partial charge in [-0.05, 0) is 42.0 Å². The van der Waals surface area contributed by atoms with Crippen LogP contribution in [0.3, 0.4) is 0 Å². The summed E-state index contributed by atoms with van der Waals surface area (Å²) in [6.45, 7) is 1.69. The molecule has 0 radical (unpaired) electrons. The van der Waals surface area contributed by atoms with Gasteiger partial charge in [-0.15, -0.1) is 0 Å². The highest BCUT2D eigenvalue weighted by molar-refractivity contribution is 5.77. The van der Waals surface area contributed by atoms with Gasteiger partial charge in [-0.1, -0.05) is 48.5 Å². The second-order valence-electron chi connectivity index (χ2n) is 5.36. The predicted octanol–water partition coefficient (Wildman–Crippen LogP) is 3.90. The Bertz CT molecular complexity index is 565. The zero-order valence-electron chi connectivity index (χ0n) is 11.2. The first kappa shape index (κ1) is 12.2. The van der Waals surface area contributed by atoms with Crippen molar-refractivity contribution in [1.29, 1.82) is 0 Å². The van der Waals surface area contributed by atoms with E-state index in [1.54, 1.807) is 6.92 Å². The summed E-state index contributed by atoms with van der Waals surface area (Å²) >= 11 is 0. The molecule has 0 heterocycles. The SMILES string of the molecule is CC(=O)CC1c2ccccc2CCc2ccccc21. The lowest BCUT2D eigenvalue weighted by molar-refractivity contribution is -0.117. The van der Waals surface area contributed by atoms with Gasteiger partial charge in [0.25, 0.3) is 0 Å². The van der Waals surface area contributed by atoms with E-state index in [0.29, 0.717) is 6.42 Å². The molecule has 1 aliphatic carbocycles. The first-order chi connectivity index (χ1) is 9.25. The molecule has 0 saturated heterocycles. The lowest BCUT2D eigenvalue weighted by Crippen LogP contribution is -2.08. The third kappa shape index (κ3) is 2.33. The summed E-state index contributed by atoms with van der Waals surface area (Å²) in [5.41, 5.74) is 5.46. The van der Waals surface area contributed by atoms with E-state index in [0.717, 1.165) is 12.8 Å². The molecule has 2 aromatic carbocycles. The Labute approximate surface area is 114 Å². The predicted molar refractivity (Wildman–Crippen MR) is 77.4 cm³/mol. The molecule has 0 spiro atoms. The summed E-state index contributed by atoms with van der Waals surface area (Å²) in [6, 6.07) is 17.1. The van der Waals surface area contributed by atoms with Crippen LogP contribution >= 0.6 is 0 Å². The molecule has 1 nitrogen and oxygen atoms in total. The number of carbonyl (C=O) groups excluding carboxylic acids is 1. The quantitative estimate of drug-likeness (QED) is 0.790. The van der Waals surface area contributed by atoms with Crippen LogP contribution in [0.25, 0.3) is 0 Å². The van der Waals surface area contributed by atoms with Crippen LogP contribution < -0.4 is 0 Å². The second kappa shape index (κ2) is 5.00. The summed E-state index contributed by atoms with van der Waals surface area (Å²) in [4.78, 5) is 11.6. The van der Waals surface area contributed by atoms with Crippen LogP contribution in [0.1, 0.15) is 41.5 Å². The van der Waals surface area contributed by atoms with Crippen molar-refractivity contribution in [2.45, 2.75) is 32.1 Å². The number of ketones is 1. The van der Waals surface area contributed by atoms with Gasteiger partial charge < -0.3 is 0 Å². The van der Waals surface area contributed by atoms with Gasteiger partial charge in [0.05, 0.1) is 0 Å². The van der Waals surface area contributed by atoms with E-state index in [1.807, 2.05) is 0 Å². The highest BCUT2D eigenvalue weighted by atomic mass is 16.1. The summed E-state index contributed by atoms with van der Waals surface area (Å²) in [5.74, 6) is 0.490. The van der Waals surface area contributed by atoms with Crippen LogP contribution in [0.2, 0.25) is 0 Å². The zero-order chi connectivity index (χ0) is 13.2. The number of aryl methyl sites for hydroxylation is 2. The van der Waals surface area contributed by atoms with Crippen molar-refractivity contribution >= 4 is 5.78 Å². The van der Waals surface area contributed by atoms with Crippen molar-refractivity contribution in [3.05, 3.63) is 70.8 Å². The van der Waals surface area contributed by atoms with Crippen molar-refractivity contribution in [1.82, 2.24) is 0 Å². The monoisotopic (exact) mass is 250 g/mol. The molecule has 0 aliphatic heterocycles. The molecule has 0 fully saturated rings. The number of hydrogen-bond donors (Lipinski definition) is 0. The Morgan fingerprint density at radius 3 is 1.89 bits per heavy atom. The highest BCUT2D eigenvalue weighted by Gasteiger charge is 2.23. The Hall–Kier alpha value is -1.89. The first-order valence-electron chi connectivity index (χ1n) is 6.91. The van der Waals surface area contributed by atoms with E-state index >= 15 is 0 Å². The molecule has 0 unspecified atom stereocenters. The number of Topliss-reactive ketones (excluding diaryl/α,β-unsaturated/α-hetero) is 1. The van der Waals surface area contributed by atoms with Crippen LogP contribution in [0.5, 0.6) is 0 Å². The number of carbonyl (C=O) groups is 1. The lowest BCUT2D eigenvalue weighted by Gasteiger charge is -2.19. The third-order valence-electron chi connectivity index (χ3n) is 4.02. The molecular formula is C18H18O. The molecule has 96 valence electrons. The first-order valence-corrected chi connectivity index (χ1v) is 6.91. The molecular weight excluding hydrogens is 232 g/mol. The highest BCUT2D eigenvalue weighted by Crippen LogP contribution is 2.36. The zero-order valence-corrected chi connectivity index (χ0v) is 11.2. The maximum absolute atomic E-state index is 11.6. The minimum absolute atomic E-state index is 0.229.